The molecule has 0 aliphatic heterocycles. The molecule has 3 rings (SSSR count). The molecule has 0 heterocycles. The normalized spacial score (nSPS) is 11.7. The number of thioether (sulfide) groups is 1. The Morgan fingerprint density at radius 1 is 0.973 bits per heavy atom. The van der Waals surface area contributed by atoms with E-state index >= 15 is 0 Å². The molecule has 0 saturated carbocycles. The fraction of sp³-hybridized carbons (Fsp3) is 0.286. The average Bonchev–Trinajstić information content (AvgIpc) is 2.86. The van der Waals surface area contributed by atoms with Crippen molar-refractivity contribution in [1.29, 1.82) is 0 Å². The first-order valence-electron chi connectivity index (χ1n) is 11.9. The van der Waals surface area contributed by atoms with Crippen molar-refractivity contribution in [2.24, 2.45) is 0 Å². The second-order valence-electron chi connectivity index (χ2n) is 8.94. The number of nitro benzene ring substituents is 1. The Morgan fingerprint density at radius 2 is 1.65 bits per heavy atom. The van der Waals surface area contributed by atoms with Crippen molar-refractivity contribution < 1.29 is 14.5 Å². The van der Waals surface area contributed by atoms with Crippen molar-refractivity contribution in [1.82, 2.24) is 10.2 Å². The largest absolute Gasteiger partial charge is 0.352 e. The molecule has 1 N–H and O–H groups in total. The van der Waals surface area contributed by atoms with Gasteiger partial charge in [-0.1, -0.05) is 66.2 Å². The highest BCUT2D eigenvalue weighted by molar-refractivity contribution is 7.99. The van der Waals surface area contributed by atoms with Crippen LogP contribution in [-0.2, 0) is 28.3 Å². The van der Waals surface area contributed by atoms with Crippen LogP contribution in [0.4, 0.5) is 5.69 Å². The van der Waals surface area contributed by atoms with Gasteiger partial charge >= 0.3 is 0 Å². The van der Waals surface area contributed by atoms with E-state index in [9.17, 15) is 19.7 Å². The number of benzene rings is 3. The average molecular weight is 540 g/mol. The summed E-state index contributed by atoms with van der Waals surface area (Å²) in [5, 5.41) is 14.4. The zero-order valence-electron chi connectivity index (χ0n) is 20.8. The first-order chi connectivity index (χ1) is 17.7. The molecule has 9 heteroatoms. The van der Waals surface area contributed by atoms with E-state index in [2.05, 4.69) is 5.32 Å². The fourth-order valence-corrected chi connectivity index (χ4v) is 4.90. The number of rotatable bonds is 12. The number of nitrogens with zero attached hydrogens (tertiary/aromatic N) is 2. The maximum absolute atomic E-state index is 13.6. The van der Waals surface area contributed by atoms with Crippen LogP contribution in [0.3, 0.4) is 0 Å². The van der Waals surface area contributed by atoms with E-state index in [1.54, 1.807) is 29.2 Å². The number of halogens is 1. The number of carbonyl (C=O) groups excluding carboxylic acids is 2. The van der Waals surface area contributed by atoms with E-state index < -0.39 is 11.0 Å². The molecule has 0 aliphatic carbocycles. The molecule has 2 amide bonds. The van der Waals surface area contributed by atoms with Crippen LogP contribution in [-0.4, -0.2) is 39.5 Å². The Morgan fingerprint density at radius 3 is 2.27 bits per heavy atom. The summed E-state index contributed by atoms with van der Waals surface area (Å²) in [6.07, 6.45) is 0.374. The second-order valence-corrected chi connectivity index (χ2v) is 10.4. The van der Waals surface area contributed by atoms with E-state index in [4.69, 9.17) is 11.6 Å². The van der Waals surface area contributed by atoms with Gasteiger partial charge in [-0.05, 0) is 42.7 Å². The third kappa shape index (κ3) is 8.91. The number of carbonyl (C=O) groups is 2. The quantitative estimate of drug-likeness (QED) is 0.237. The standard InChI is InChI=1S/C28H30ClN3O4S/c1-20(2)30-28(34)26(16-21-7-4-3-5-8-21)31(17-23-9-6-10-24(29)15-23)27(33)19-37-18-22-11-13-25(14-12-22)32(35)36/h3-15,20,26H,16-19H2,1-2H3,(H,30,34). The lowest BCUT2D eigenvalue weighted by atomic mass is 10.0. The van der Waals surface area contributed by atoms with E-state index in [0.717, 1.165) is 16.7 Å². The van der Waals surface area contributed by atoms with Gasteiger partial charge in [-0.15, -0.1) is 11.8 Å². The van der Waals surface area contributed by atoms with Gasteiger partial charge in [-0.25, -0.2) is 0 Å². The highest BCUT2D eigenvalue weighted by Crippen LogP contribution is 2.21. The number of non-ortho nitro benzene ring substituents is 1. The van der Waals surface area contributed by atoms with E-state index in [1.807, 2.05) is 56.3 Å². The molecule has 194 valence electrons. The number of nitrogens with one attached hydrogen (secondary N) is 1. The van der Waals surface area contributed by atoms with Gasteiger partial charge in [0, 0.05) is 41.9 Å². The lowest BCUT2D eigenvalue weighted by molar-refractivity contribution is -0.384. The molecule has 3 aromatic rings. The Labute approximate surface area is 226 Å². The molecule has 1 unspecified atom stereocenters. The zero-order valence-corrected chi connectivity index (χ0v) is 22.4. The molecule has 37 heavy (non-hydrogen) atoms. The molecule has 1 atom stereocenters. The molecule has 0 spiro atoms. The van der Waals surface area contributed by atoms with Gasteiger partial charge < -0.3 is 10.2 Å². The molecule has 0 radical (unpaired) electrons. The Balaban J connectivity index is 1.82. The minimum Gasteiger partial charge on any atom is -0.352 e. The first-order valence-corrected chi connectivity index (χ1v) is 13.5. The summed E-state index contributed by atoms with van der Waals surface area (Å²) in [5.74, 6) is 0.273. The van der Waals surface area contributed by atoms with E-state index in [0.29, 0.717) is 17.2 Å². The van der Waals surface area contributed by atoms with Gasteiger partial charge in [0.1, 0.15) is 6.04 Å². The monoisotopic (exact) mass is 539 g/mol. The minimum absolute atomic E-state index is 0.0254. The van der Waals surface area contributed by atoms with Crippen LogP contribution in [0.2, 0.25) is 5.02 Å². The zero-order chi connectivity index (χ0) is 26.8. The lowest BCUT2D eigenvalue weighted by Crippen LogP contribution is -2.52. The van der Waals surface area contributed by atoms with Crippen LogP contribution in [0.25, 0.3) is 0 Å². The predicted molar refractivity (Wildman–Crippen MR) is 148 cm³/mol. The smallest absolute Gasteiger partial charge is 0.269 e. The van der Waals surface area contributed by atoms with Crippen molar-refractivity contribution in [2.45, 2.75) is 44.6 Å². The van der Waals surface area contributed by atoms with Crippen LogP contribution in [0.5, 0.6) is 0 Å². The molecule has 0 aromatic heterocycles. The van der Waals surface area contributed by atoms with E-state index in [-0.39, 0.29) is 35.8 Å². The van der Waals surface area contributed by atoms with E-state index in [1.165, 1.54) is 23.9 Å². The fourth-order valence-electron chi connectivity index (χ4n) is 3.82. The minimum atomic E-state index is -0.712. The second kappa shape index (κ2) is 13.8. The van der Waals surface area contributed by atoms with Crippen LogP contribution in [0.15, 0.2) is 78.9 Å². The third-order valence-electron chi connectivity index (χ3n) is 5.59. The van der Waals surface area contributed by atoms with Gasteiger partial charge in [0.25, 0.3) is 5.69 Å². The number of hydrogen-bond acceptors (Lipinski definition) is 5. The molecular formula is C28H30ClN3O4S. The van der Waals surface area contributed by atoms with Crippen molar-refractivity contribution in [3.63, 3.8) is 0 Å². The molecule has 0 fully saturated rings. The highest BCUT2D eigenvalue weighted by atomic mass is 35.5. The summed E-state index contributed by atoms with van der Waals surface area (Å²) in [5.41, 5.74) is 2.69. The van der Waals surface area contributed by atoms with Crippen molar-refractivity contribution in [2.75, 3.05) is 5.75 Å². The van der Waals surface area contributed by atoms with Crippen LogP contribution in [0.1, 0.15) is 30.5 Å². The molecule has 3 aromatic carbocycles. The molecule has 0 aliphatic rings. The van der Waals surface area contributed by atoms with Crippen LogP contribution >= 0.6 is 23.4 Å². The number of amides is 2. The molecular weight excluding hydrogens is 510 g/mol. The van der Waals surface area contributed by atoms with Gasteiger partial charge in [0.05, 0.1) is 10.7 Å². The van der Waals surface area contributed by atoms with Gasteiger partial charge in [0.15, 0.2) is 0 Å². The summed E-state index contributed by atoms with van der Waals surface area (Å²) in [6.45, 7) is 4.02. The van der Waals surface area contributed by atoms with Crippen LogP contribution < -0.4 is 5.32 Å². The highest BCUT2D eigenvalue weighted by Gasteiger charge is 2.30. The molecule has 0 bridgehead atoms. The summed E-state index contributed by atoms with van der Waals surface area (Å²) >= 11 is 7.60. The Hall–Kier alpha value is -3.36. The van der Waals surface area contributed by atoms with Crippen LogP contribution in [0, 0.1) is 10.1 Å². The molecule has 7 nitrogen and oxygen atoms in total. The SMILES string of the molecule is CC(C)NC(=O)C(Cc1ccccc1)N(Cc1cccc(Cl)c1)C(=O)CSCc1ccc([N+](=O)[O-])cc1. The number of hydrogen-bond donors (Lipinski definition) is 1. The van der Waals surface area contributed by atoms with Crippen molar-refractivity contribution in [3.8, 4) is 0 Å². The first kappa shape index (κ1) is 28.2. The summed E-state index contributed by atoms with van der Waals surface area (Å²) in [4.78, 5) is 39.0. The lowest BCUT2D eigenvalue weighted by Gasteiger charge is -2.32. The molecule has 0 saturated heterocycles. The number of nitro groups is 1. The Kier molecular flexibility index (Phi) is 10.5. The topological polar surface area (TPSA) is 92.6 Å². The maximum atomic E-state index is 13.6. The third-order valence-corrected chi connectivity index (χ3v) is 6.81. The summed E-state index contributed by atoms with van der Waals surface area (Å²) in [6, 6.07) is 22.4. The van der Waals surface area contributed by atoms with Crippen molar-refractivity contribution in [3.05, 3.63) is 111 Å². The summed E-state index contributed by atoms with van der Waals surface area (Å²) < 4.78 is 0. The Bertz CT molecular complexity index is 1210. The maximum Gasteiger partial charge on any atom is 0.269 e. The van der Waals surface area contributed by atoms with Gasteiger partial charge in [-0.2, -0.15) is 0 Å². The predicted octanol–water partition coefficient (Wildman–Crippen LogP) is 5.65. The summed E-state index contributed by atoms with van der Waals surface area (Å²) in [7, 11) is 0. The van der Waals surface area contributed by atoms with Gasteiger partial charge in [0.2, 0.25) is 11.8 Å². The van der Waals surface area contributed by atoms with Crippen molar-refractivity contribution >= 4 is 40.9 Å². The van der Waals surface area contributed by atoms with Gasteiger partial charge in [-0.3, -0.25) is 19.7 Å².